The third kappa shape index (κ3) is 1.92. The second-order valence-electron chi connectivity index (χ2n) is 3.08. The van der Waals surface area contributed by atoms with Crippen molar-refractivity contribution in [3.8, 4) is 0 Å². The van der Waals surface area contributed by atoms with E-state index in [1.807, 2.05) is 0 Å². The number of rotatable bonds is 2. The quantitative estimate of drug-likeness (QED) is 0.732. The second kappa shape index (κ2) is 3.86. The Morgan fingerprint density at radius 2 is 2.27 bits per heavy atom. The van der Waals surface area contributed by atoms with Gasteiger partial charge in [0.1, 0.15) is 11.5 Å². The number of aryl methyl sites for hydroxylation is 1. The van der Waals surface area contributed by atoms with E-state index >= 15 is 0 Å². The van der Waals surface area contributed by atoms with Crippen LogP contribution in [0.5, 0.6) is 0 Å². The standard InChI is InChI=1S/C10H7FN2OS/c1-6-2-3-7(4-8(6)11)10(14)9-5-15-13-12-9/h2-5H,1H3. The van der Waals surface area contributed by atoms with E-state index in [2.05, 4.69) is 9.59 Å². The summed E-state index contributed by atoms with van der Waals surface area (Å²) in [5.74, 6) is -0.688. The fraction of sp³-hybridized carbons (Fsp3) is 0.100. The topological polar surface area (TPSA) is 42.9 Å². The first kappa shape index (κ1) is 9.92. The maximum atomic E-state index is 13.2. The number of hydrogen-bond acceptors (Lipinski definition) is 4. The zero-order valence-electron chi connectivity index (χ0n) is 7.90. The Morgan fingerprint density at radius 3 is 2.87 bits per heavy atom. The van der Waals surface area contributed by atoms with Crippen molar-refractivity contribution in [1.29, 1.82) is 0 Å². The molecule has 0 fully saturated rings. The molecule has 3 nitrogen and oxygen atoms in total. The van der Waals surface area contributed by atoms with Gasteiger partial charge in [-0.1, -0.05) is 16.6 Å². The highest BCUT2D eigenvalue weighted by Gasteiger charge is 2.12. The number of hydrogen-bond donors (Lipinski definition) is 0. The maximum Gasteiger partial charge on any atom is 0.214 e. The van der Waals surface area contributed by atoms with Gasteiger partial charge in [0.05, 0.1) is 0 Å². The molecule has 1 heterocycles. The summed E-state index contributed by atoms with van der Waals surface area (Å²) in [5.41, 5.74) is 1.07. The van der Waals surface area contributed by atoms with E-state index in [1.165, 1.54) is 6.07 Å². The molecule has 2 rings (SSSR count). The van der Waals surface area contributed by atoms with Gasteiger partial charge >= 0.3 is 0 Å². The van der Waals surface area contributed by atoms with E-state index in [0.29, 0.717) is 11.1 Å². The lowest BCUT2D eigenvalue weighted by atomic mass is 10.1. The summed E-state index contributed by atoms with van der Waals surface area (Å²) in [6.07, 6.45) is 0. The van der Waals surface area contributed by atoms with Gasteiger partial charge in [-0.2, -0.15) is 0 Å². The molecule has 0 amide bonds. The van der Waals surface area contributed by atoms with E-state index in [9.17, 15) is 9.18 Å². The van der Waals surface area contributed by atoms with Crippen LogP contribution in [0.2, 0.25) is 0 Å². The highest BCUT2D eigenvalue weighted by Crippen LogP contribution is 2.13. The minimum atomic E-state index is -0.385. The van der Waals surface area contributed by atoms with Crippen LogP contribution in [0, 0.1) is 12.7 Å². The van der Waals surface area contributed by atoms with Crippen molar-refractivity contribution in [3.63, 3.8) is 0 Å². The van der Waals surface area contributed by atoms with Crippen molar-refractivity contribution in [2.45, 2.75) is 6.92 Å². The summed E-state index contributed by atoms with van der Waals surface area (Å²) in [6, 6.07) is 4.37. The number of benzene rings is 1. The number of carbonyl (C=O) groups excluding carboxylic acids is 1. The second-order valence-corrected chi connectivity index (χ2v) is 3.69. The maximum absolute atomic E-state index is 13.2. The normalized spacial score (nSPS) is 10.3. The molecule has 76 valence electrons. The van der Waals surface area contributed by atoms with E-state index in [-0.39, 0.29) is 17.3 Å². The van der Waals surface area contributed by atoms with Crippen LogP contribution in [-0.2, 0) is 0 Å². The van der Waals surface area contributed by atoms with E-state index in [4.69, 9.17) is 0 Å². The lowest BCUT2D eigenvalue weighted by Crippen LogP contribution is -2.02. The predicted molar refractivity (Wildman–Crippen MR) is 54.5 cm³/mol. The van der Waals surface area contributed by atoms with Crippen LogP contribution in [0.15, 0.2) is 23.6 Å². The summed E-state index contributed by atoms with van der Waals surface area (Å²) in [7, 11) is 0. The van der Waals surface area contributed by atoms with Crippen LogP contribution in [0.3, 0.4) is 0 Å². The smallest absolute Gasteiger partial charge is 0.214 e. The Hall–Kier alpha value is -1.62. The first-order valence-corrected chi connectivity index (χ1v) is 5.10. The molecule has 0 saturated heterocycles. The van der Waals surface area contributed by atoms with Crippen LogP contribution in [0.25, 0.3) is 0 Å². The van der Waals surface area contributed by atoms with E-state index < -0.39 is 0 Å². The van der Waals surface area contributed by atoms with Crippen molar-refractivity contribution < 1.29 is 9.18 Å². The van der Waals surface area contributed by atoms with Gasteiger partial charge in [-0.05, 0) is 30.1 Å². The van der Waals surface area contributed by atoms with Crippen molar-refractivity contribution in [2.24, 2.45) is 0 Å². The van der Waals surface area contributed by atoms with Gasteiger partial charge in [-0.15, -0.1) is 5.10 Å². The number of nitrogens with zero attached hydrogens (tertiary/aromatic N) is 2. The molecular weight excluding hydrogens is 215 g/mol. The molecule has 1 aromatic carbocycles. The summed E-state index contributed by atoms with van der Waals surface area (Å²) in [5, 5.41) is 5.18. The molecule has 5 heteroatoms. The molecule has 0 bridgehead atoms. The first-order chi connectivity index (χ1) is 7.18. The molecule has 0 N–H and O–H groups in total. The van der Waals surface area contributed by atoms with Crippen LogP contribution in [-0.4, -0.2) is 15.4 Å². The summed E-state index contributed by atoms with van der Waals surface area (Å²) < 4.78 is 16.8. The van der Waals surface area contributed by atoms with Gasteiger partial charge < -0.3 is 0 Å². The van der Waals surface area contributed by atoms with Gasteiger partial charge in [0.25, 0.3) is 0 Å². The lowest BCUT2D eigenvalue weighted by Gasteiger charge is -1.99. The molecule has 0 aliphatic rings. The average molecular weight is 222 g/mol. The molecule has 0 spiro atoms. The van der Waals surface area contributed by atoms with Gasteiger partial charge in [0, 0.05) is 10.9 Å². The number of aromatic nitrogens is 2. The third-order valence-electron chi connectivity index (χ3n) is 2.03. The summed E-state index contributed by atoms with van der Waals surface area (Å²) in [6.45, 7) is 1.65. The molecule has 0 unspecified atom stereocenters. The van der Waals surface area contributed by atoms with Crippen molar-refractivity contribution in [2.75, 3.05) is 0 Å². The molecular formula is C10H7FN2OS. The molecule has 0 atom stereocenters. The Kier molecular flexibility index (Phi) is 2.55. The Morgan fingerprint density at radius 1 is 1.47 bits per heavy atom. The SMILES string of the molecule is Cc1ccc(C(=O)c2csnn2)cc1F. The predicted octanol–water partition coefficient (Wildman–Crippen LogP) is 2.22. The van der Waals surface area contributed by atoms with Crippen LogP contribution >= 0.6 is 11.5 Å². The largest absolute Gasteiger partial charge is 0.287 e. The monoisotopic (exact) mass is 222 g/mol. The van der Waals surface area contributed by atoms with E-state index in [0.717, 1.165) is 11.5 Å². The molecule has 0 aliphatic heterocycles. The number of carbonyl (C=O) groups is 1. The molecule has 1 aromatic heterocycles. The van der Waals surface area contributed by atoms with Crippen molar-refractivity contribution in [1.82, 2.24) is 9.59 Å². The van der Waals surface area contributed by atoms with Gasteiger partial charge in [-0.3, -0.25) is 4.79 Å². The lowest BCUT2D eigenvalue weighted by molar-refractivity contribution is 0.103. The fourth-order valence-electron chi connectivity index (χ4n) is 1.15. The molecule has 0 aliphatic carbocycles. The third-order valence-corrected chi connectivity index (χ3v) is 2.53. The molecule has 0 radical (unpaired) electrons. The van der Waals surface area contributed by atoms with Gasteiger partial charge in [0.15, 0.2) is 0 Å². The van der Waals surface area contributed by atoms with Gasteiger partial charge in [0.2, 0.25) is 5.78 Å². The molecule has 15 heavy (non-hydrogen) atoms. The van der Waals surface area contributed by atoms with E-state index in [1.54, 1.807) is 24.4 Å². The summed E-state index contributed by atoms with van der Waals surface area (Å²) >= 11 is 1.09. The Balaban J connectivity index is 2.39. The average Bonchev–Trinajstić information content (AvgIpc) is 2.74. The van der Waals surface area contributed by atoms with Crippen LogP contribution < -0.4 is 0 Å². The van der Waals surface area contributed by atoms with Gasteiger partial charge in [-0.25, -0.2) is 4.39 Å². The highest BCUT2D eigenvalue weighted by molar-refractivity contribution is 7.03. The first-order valence-electron chi connectivity index (χ1n) is 4.26. The fourth-order valence-corrected chi connectivity index (χ4v) is 1.58. The Labute approximate surface area is 89.7 Å². The highest BCUT2D eigenvalue weighted by atomic mass is 32.1. The van der Waals surface area contributed by atoms with Crippen LogP contribution in [0.4, 0.5) is 4.39 Å². The zero-order chi connectivity index (χ0) is 10.8. The molecule has 2 aromatic rings. The minimum Gasteiger partial charge on any atom is -0.287 e. The minimum absolute atomic E-state index is 0.253. The Bertz CT molecular complexity index is 496. The van der Waals surface area contributed by atoms with Crippen molar-refractivity contribution >= 4 is 17.3 Å². The zero-order valence-corrected chi connectivity index (χ0v) is 8.71. The molecule has 0 saturated carbocycles. The van der Waals surface area contributed by atoms with Crippen molar-refractivity contribution in [3.05, 3.63) is 46.2 Å². The summed E-state index contributed by atoms with van der Waals surface area (Å²) in [4.78, 5) is 11.7. The van der Waals surface area contributed by atoms with Crippen LogP contribution in [0.1, 0.15) is 21.6 Å². The number of halogens is 1. The number of ketones is 1.